The number of carbonyl (C=O) groups is 2. The Labute approximate surface area is 193 Å². The first-order chi connectivity index (χ1) is 15.2. The van der Waals surface area contributed by atoms with Crippen LogP contribution in [0.15, 0.2) is 54.1 Å². The van der Waals surface area contributed by atoms with E-state index in [2.05, 4.69) is 20.8 Å². The number of aliphatic hydroxyl groups excluding tert-OH is 1. The summed E-state index contributed by atoms with van der Waals surface area (Å²) in [4.78, 5) is 27.7. The molecule has 2 heterocycles. The van der Waals surface area contributed by atoms with Gasteiger partial charge in [-0.2, -0.15) is 0 Å². The van der Waals surface area contributed by atoms with E-state index in [1.165, 1.54) is 0 Å². The fraction of sp³-hybridized carbons (Fsp3) is 0.385. The van der Waals surface area contributed by atoms with Gasteiger partial charge in [0.2, 0.25) is 0 Å². The third-order valence-corrected chi connectivity index (χ3v) is 6.43. The van der Waals surface area contributed by atoms with E-state index in [-0.39, 0.29) is 22.9 Å². The molecule has 2 aliphatic heterocycles. The Morgan fingerprint density at radius 1 is 1.09 bits per heavy atom. The van der Waals surface area contributed by atoms with Crippen LogP contribution in [0.5, 0.6) is 0 Å². The van der Waals surface area contributed by atoms with Gasteiger partial charge >= 0.3 is 0 Å². The van der Waals surface area contributed by atoms with Crippen LogP contribution in [0.2, 0.25) is 5.02 Å². The molecule has 5 nitrogen and oxygen atoms in total. The molecule has 1 amide bonds. The normalized spacial score (nSPS) is 23.2. The van der Waals surface area contributed by atoms with E-state index in [1.807, 2.05) is 24.3 Å². The molecule has 2 aromatic rings. The molecule has 2 atom stereocenters. The molecule has 4 rings (SSSR count). The molecule has 0 aromatic heterocycles. The van der Waals surface area contributed by atoms with E-state index < -0.39 is 17.7 Å². The van der Waals surface area contributed by atoms with Gasteiger partial charge in [0.25, 0.3) is 11.7 Å². The Hall–Kier alpha value is -2.63. The van der Waals surface area contributed by atoms with E-state index in [4.69, 9.17) is 16.3 Å². The largest absolute Gasteiger partial charge is 0.507 e. The smallest absolute Gasteiger partial charge is 0.295 e. The van der Waals surface area contributed by atoms with Gasteiger partial charge in [-0.15, -0.1) is 0 Å². The molecule has 2 fully saturated rings. The summed E-state index contributed by atoms with van der Waals surface area (Å²) < 4.78 is 5.74. The Balaban J connectivity index is 1.81. The number of rotatable bonds is 4. The molecule has 2 aliphatic rings. The number of carbonyl (C=O) groups excluding carboxylic acids is 2. The molecule has 168 valence electrons. The summed E-state index contributed by atoms with van der Waals surface area (Å²) in [6, 6.07) is 13.8. The first-order valence-electron chi connectivity index (χ1n) is 10.9. The zero-order chi connectivity index (χ0) is 23.0. The van der Waals surface area contributed by atoms with Gasteiger partial charge in [0, 0.05) is 23.7 Å². The molecule has 6 heteroatoms. The van der Waals surface area contributed by atoms with Crippen molar-refractivity contribution < 1.29 is 19.4 Å². The van der Waals surface area contributed by atoms with E-state index >= 15 is 0 Å². The number of ether oxygens (including phenoxy) is 1. The second-order valence-corrected chi connectivity index (χ2v) is 9.90. The third-order valence-electron chi connectivity index (χ3n) is 6.17. The number of benzene rings is 2. The zero-order valence-corrected chi connectivity index (χ0v) is 19.4. The lowest BCUT2D eigenvalue weighted by Gasteiger charge is -2.28. The van der Waals surface area contributed by atoms with Gasteiger partial charge in [-0.1, -0.05) is 56.6 Å². The highest BCUT2D eigenvalue weighted by Crippen LogP contribution is 2.40. The highest BCUT2D eigenvalue weighted by Gasteiger charge is 2.47. The van der Waals surface area contributed by atoms with Gasteiger partial charge in [-0.25, -0.2) is 0 Å². The topological polar surface area (TPSA) is 66.8 Å². The summed E-state index contributed by atoms with van der Waals surface area (Å²) >= 11 is 5.98. The first-order valence-corrected chi connectivity index (χ1v) is 11.3. The molecule has 2 aromatic carbocycles. The average molecular weight is 454 g/mol. The Kier molecular flexibility index (Phi) is 6.15. The van der Waals surface area contributed by atoms with Crippen molar-refractivity contribution in [2.75, 3.05) is 13.2 Å². The molecule has 1 N–H and O–H groups in total. The van der Waals surface area contributed by atoms with E-state index in [0.717, 1.165) is 24.0 Å². The molecule has 0 saturated carbocycles. The fourth-order valence-electron chi connectivity index (χ4n) is 4.35. The molecular formula is C26H28ClNO4. The maximum Gasteiger partial charge on any atom is 0.295 e. The first kappa shape index (κ1) is 22.6. The fourth-order valence-corrected chi connectivity index (χ4v) is 4.48. The molecule has 32 heavy (non-hydrogen) atoms. The van der Waals surface area contributed by atoms with Crippen LogP contribution in [-0.4, -0.2) is 41.0 Å². The number of nitrogens with zero attached hydrogens (tertiary/aromatic N) is 1. The molecule has 2 saturated heterocycles. The molecular weight excluding hydrogens is 426 g/mol. The van der Waals surface area contributed by atoms with Crippen LogP contribution in [0.4, 0.5) is 0 Å². The highest BCUT2D eigenvalue weighted by atomic mass is 35.5. The van der Waals surface area contributed by atoms with E-state index in [0.29, 0.717) is 23.7 Å². The van der Waals surface area contributed by atoms with Crippen LogP contribution in [0.1, 0.15) is 56.3 Å². The van der Waals surface area contributed by atoms with Gasteiger partial charge < -0.3 is 14.7 Å². The minimum absolute atomic E-state index is 0.0265. The molecule has 0 aliphatic carbocycles. The number of ketones is 1. The molecule has 0 bridgehead atoms. The number of aliphatic hydroxyl groups is 1. The summed E-state index contributed by atoms with van der Waals surface area (Å²) in [5.74, 6) is -1.49. The number of amides is 1. The van der Waals surface area contributed by atoms with Crippen LogP contribution in [-0.2, 0) is 19.7 Å². The van der Waals surface area contributed by atoms with Crippen molar-refractivity contribution in [1.29, 1.82) is 0 Å². The number of likely N-dealkylation sites (tertiary alicyclic amines) is 1. The van der Waals surface area contributed by atoms with Crippen molar-refractivity contribution in [3.63, 3.8) is 0 Å². The van der Waals surface area contributed by atoms with Crippen molar-refractivity contribution in [2.45, 2.75) is 51.2 Å². The van der Waals surface area contributed by atoms with Crippen LogP contribution in [0.25, 0.3) is 5.76 Å². The quantitative estimate of drug-likeness (QED) is 0.390. The van der Waals surface area contributed by atoms with Crippen molar-refractivity contribution in [3.8, 4) is 0 Å². The lowest BCUT2D eigenvalue weighted by atomic mass is 9.85. The number of halogens is 1. The summed E-state index contributed by atoms with van der Waals surface area (Å²) in [5.41, 5.74) is 2.45. The lowest BCUT2D eigenvalue weighted by Crippen LogP contribution is -2.36. The van der Waals surface area contributed by atoms with Crippen molar-refractivity contribution in [1.82, 2.24) is 4.90 Å². The second kappa shape index (κ2) is 8.72. The summed E-state index contributed by atoms with van der Waals surface area (Å²) in [5, 5.41) is 11.6. The van der Waals surface area contributed by atoms with Crippen molar-refractivity contribution in [2.24, 2.45) is 0 Å². The monoisotopic (exact) mass is 453 g/mol. The van der Waals surface area contributed by atoms with Gasteiger partial charge in [0.05, 0.1) is 17.7 Å². The molecule has 0 spiro atoms. The van der Waals surface area contributed by atoms with Crippen LogP contribution in [0.3, 0.4) is 0 Å². The minimum atomic E-state index is -0.680. The van der Waals surface area contributed by atoms with Crippen molar-refractivity contribution >= 4 is 29.1 Å². The standard InChI is InChI=1S/C26H28ClNO4/c1-26(2,3)18-10-6-16(7-11-18)22-21(23(29)17-8-12-19(27)13-9-17)24(30)25(31)28(22)15-20-5-4-14-32-20/h6-13,20,22,29H,4-5,14-15H2,1-3H3/b23-21+/t20-,22-/m1/s1. The van der Waals surface area contributed by atoms with Crippen LogP contribution in [0, 0.1) is 0 Å². The molecule has 0 radical (unpaired) electrons. The summed E-state index contributed by atoms with van der Waals surface area (Å²) in [7, 11) is 0. The van der Waals surface area contributed by atoms with E-state index in [1.54, 1.807) is 29.2 Å². The highest BCUT2D eigenvalue weighted by molar-refractivity contribution is 6.46. The van der Waals surface area contributed by atoms with Gasteiger partial charge in [-0.3, -0.25) is 9.59 Å². The Morgan fingerprint density at radius 3 is 2.31 bits per heavy atom. The van der Waals surface area contributed by atoms with Crippen LogP contribution < -0.4 is 0 Å². The van der Waals surface area contributed by atoms with E-state index in [9.17, 15) is 14.7 Å². The number of hydrogen-bond donors (Lipinski definition) is 1. The number of hydrogen-bond acceptors (Lipinski definition) is 4. The predicted molar refractivity (Wildman–Crippen MR) is 125 cm³/mol. The zero-order valence-electron chi connectivity index (χ0n) is 18.6. The maximum atomic E-state index is 13.1. The SMILES string of the molecule is CC(C)(C)c1ccc([C@@H]2/C(=C(\O)c3ccc(Cl)cc3)C(=O)C(=O)N2C[C@H]2CCCO2)cc1. The minimum Gasteiger partial charge on any atom is -0.507 e. The van der Waals surface area contributed by atoms with Crippen molar-refractivity contribution in [3.05, 3.63) is 75.8 Å². The molecule has 0 unspecified atom stereocenters. The summed E-state index contributed by atoms with van der Waals surface area (Å²) in [6.45, 7) is 7.36. The second-order valence-electron chi connectivity index (χ2n) is 9.47. The maximum absolute atomic E-state index is 13.1. The lowest BCUT2D eigenvalue weighted by molar-refractivity contribution is -0.140. The third kappa shape index (κ3) is 4.32. The van der Waals surface area contributed by atoms with Gasteiger partial charge in [0.1, 0.15) is 5.76 Å². The van der Waals surface area contributed by atoms with Crippen LogP contribution >= 0.6 is 11.6 Å². The predicted octanol–water partition coefficient (Wildman–Crippen LogP) is 5.24. The average Bonchev–Trinajstić information content (AvgIpc) is 3.36. The Bertz CT molecular complexity index is 1040. The number of Topliss-reactive ketones (excluding diaryl/α,β-unsaturated/α-hetero) is 1. The Morgan fingerprint density at radius 2 is 1.75 bits per heavy atom. The van der Waals surface area contributed by atoms with Gasteiger partial charge in [0.15, 0.2) is 0 Å². The van der Waals surface area contributed by atoms with Gasteiger partial charge in [-0.05, 0) is 53.6 Å². The summed E-state index contributed by atoms with van der Waals surface area (Å²) in [6.07, 6.45) is 1.67.